The highest BCUT2D eigenvalue weighted by Crippen LogP contribution is 2.21. The number of alkyl halides is 3. The first-order valence-electron chi connectivity index (χ1n) is 3.76. The molecule has 0 heterocycles. The van der Waals surface area contributed by atoms with Crippen molar-refractivity contribution in [2.75, 3.05) is 13.7 Å². The minimum absolute atomic E-state index is 0.0154. The third-order valence-electron chi connectivity index (χ3n) is 1.37. The van der Waals surface area contributed by atoms with E-state index in [1.807, 2.05) is 0 Å². The molecule has 1 aromatic rings. The van der Waals surface area contributed by atoms with Gasteiger partial charge in [0.2, 0.25) is 0 Å². The topological polar surface area (TPSA) is 18.5 Å². The zero-order chi connectivity index (χ0) is 10.6. The Hall–Kier alpha value is -1.39. The van der Waals surface area contributed by atoms with Gasteiger partial charge in [0.05, 0.1) is 7.11 Å². The molecule has 0 saturated carbocycles. The lowest BCUT2D eigenvalue weighted by atomic mass is 10.3. The Balaban J connectivity index is 2.59. The van der Waals surface area contributed by atoms with Crippen LogP contribution in [0.25, 0.3) is 0 Å². The van der Waals surface area contributed by atoms with E-state index in [2.05, 4.69) is 10.8 Å². The second kappa shape index (κ2) is 4.21. The van der Waals surface area contributed by atoms with E-state index in [1.54, 1.807) is 6.07 Å². The highest BCUT2D eigenvalue weighted by Gasteiger charge is 2.28. The molecule has 5 heteroatoms. The fourth-order valence-corrected chi connectivity index (χ4v) is 0.795. The molecule has 14 heavy (non-hydrogen) atoms. The first-order valence-corrected chi connectivity index (χ1v) is 3.76. The van der Waals surface area contributed by atoms with Gasteiger partial charge in [-0.2, -0.15) is 13.2 Å². The average molecular weight is 205 g/mol. The van der Waals surface area contributed by atoms with E-state index < -0.39 is 12.8 Å². The molecule has 0 aliphatic rings. The summed E-state index contributed by atoms with van der Waals surface area (Å²) < 4.78 is 44.5. The molecule has 1 rings (SSSR count). The zero-order valence-corrected chi connectivity index (χ0v) is 7.39. The molecule has 0 amide bonds. The molecular formula is C9H8F3O2. The van der Waals surface area contributed by atoms with Crippen LogP contribution in [0.2, 0.25) is 0 Å². The van der Waals surface area contributed by atoms with Crippen LogP contribution in [0.5, 0.6) is 11.5 Å². The summed E-state index contributed by atoms with van der Waals surface area (Å²) in [6, 6.07) is 6.86. The van der Waals surface area contributed by atoms with Gasteiger partial charge >= 0.3 is 6.18 Å². The predicted molar refractivity (Wildman–Crippen MR) is 43.4 cm³/mol. The smallest absolute Gasteiger partial charge is 0.422 e. The largest absolute Gasteiger partial charge is 0.497 e. The maximum absolute atomic E-state index is 11.8. The number of rotatable bonds is 3. The molecular weight excluding hydrogens is 197 g/mol. The molecule has 0 spiro atoms. The van der Waals surface area contributed by atoms with Gasteiger partial charge in [0.15, 0.2) is 6.61 Å². The maximum atomic E-state index is 11.8. The molecule has 1 aromatic carbocycles. The van der Waals surface area contributed by atoms with Crippen molar-refractivity contribution in [2.24, 2.45) is 0 Å². The van der Waals surface area contributed by atoms with Crippen molar-refractivity contribution in [3.63, 3.8) is 0 Å². The van der Waals surface area contributed by atoms with Gasteiger partial charge in [0.25, 0.3) is 0 Å². The lowest BCUT2D eigenvalue weighted by molar-refractivity contribution is -0.153. The van der Waals surface area contributed by atoms with E-state index in [0.717, 1.165) is 0 Å². The van der Waals surface area contributed by atoms with Gasteiger partial charge in [-0.25, -0.2) is 0 Å². The van der Waals surface area contributed by atoms with Crippen LogP contribution in [0.15, 0.2) is 18.2 Å². The van der Waals surface area contributed by atoms with E-state index in [0.29, 0.717) is 5.75 Å². The summed E-state index contributed by atoms with van der Waals surface area (Å²) in [7, 11) is 1.42. The van der Waals surface area contributed by atoms with Crippen LogP contribution >= 0.6 is 0 Å². The van der Waals surface area contributed by atoms with Gasteiger partial charge in [0.1, 0.15) is 11.5 Å². The van der Waals surface area contributed by atoms with Gasteiger partial charge < -0.3 is 9.47 Å². The van der Waals surface area contributed by atoms with E-state index in [4.69, 9.17) is 4.74 Å². The van der Waals surface area contributed by atoms with Gasteiger partial charge in [-0.05, 0) is 12.1 Å². The quantitative estimate of drug-likeness (QED) is 0.754. The minimum atomic E-state index is -4.34. The third kappa shape index (κ3) is 3.55. The van der Waals surface area contributed by atoms with E-state index >= 15 is 0 Å². The minimum Gasteiger partial charge on any atom is -0.497 e. The lowest BCUT2D eigenvalue weighted by Gasteiger charge is -2.09. The molecule has 0 N–H and O–H groups in total. The Morgan fingerprint density at radius 2 is 2.14 bits per heavy atom. The zero-order valence-electron chi connectivity index (χ0n) is 7.39. The molecule has 0 atom stereocenters. The molecule has 0 fully saturated rings. The van der Waals surface area contributed by atoms with Crippen molar-refractivity contribution in [2.45, 2.75) is 6.18 Å². The Bertz CT molecular complexity index is 296. The Morgan fingerprint density at radius 1 is 1.43 bits per heavy atom. The van der Waals surface area contributed by atoms with Crippen LogP contribution in [-0.2, 0) is 0 Å². The lowest BCUT2D eigenvalue weighted by Crippen LogP contribution is -2.19. The Morgan fingerprint density at radius 3 is 2.71 bits per heavy atom. The molecule has 0 bridgehead atoms. The van der Waals surface area contributed by atoms with Crippen molar-refractivity contribution < 1.29 is 22.6 Å². The van der Waals surface area contributed by atoms with E-state index in [9.17, 15) is 13.2 Å². The van der Waals surface area contributed by atoms with Crippen LogP contribution in [0.3, 0.4) is 0 Å². The van der Waals surface area contributed by atoms with Crippen molar-refractivity contribution in [3.05, 3.63) is 24.3 Å². The highest BCUT2D eigenvalue weighted by atomic mass is 19.4. The van der Waals surface area contributed by atoms with Crippen molar-refractivity contribution >= 4 is 0 Å². The number of halogens is 3. The molecule has 0 aliphatic carbocycles. The average Bonchev–Trinajstić information content (AvgIpc) is 2.14. The number of hydrogen-bond donors (Lipinski definition) is 0. The first-order chi connectivity index (χ1) is 6.51. The molecule has 0 unspecified atom stereocenters. The Labute approximate surface area is 79.2 Å². The number of methoxy groups -OCH3 is 1. The van der Waals surface area contributed by atoms with Crippen LogP contribution in [-0.4, -0.2) is 19.9 Å². The summed E-state index contributed by atoms with van der Waals surface area (Å²) >= 11 is 0. The number of hydrogen-bond acceptors (Lipinski definition) is 2. The van der Waals surface area contributed by atoms with Gasteiger partial charge in [-0.15, -0.1) is 0 Å². The van der Waals surface area contributed by atoms with Crippen LogP contribution in [0, 0.1) is 6.07 Å². The maximum Gasteiger partial charge on any atom is 0.422 e. The second-order valence-corrected chi connectivity index (χ2v) is 2.50. The third-order valence-corrected chi connectivity index (χ3v) is 1.37. The van der Waals surface area contributed by atoms with Crippen LogP contribution in [0.4, 0.5) is 13.2 Å². The fraction of sp³-hybridized carbons (Fsp3) is 0.333. The number of benzene rings is 1. The molecule has 2 nitrogen and oxygen atoms in total. The normalized spacial score (nSPS) is 11.1. The highest BCUT2D eigenvalue weighted by molar-refractivity contribution is 5.31. The van der Waals surface area contributed by atoms with Crippen molar-refractivity contribution in [1.82, 2.24) is 0 Å². The summed E-state index contributed by atoms with van der Waals surface area (Å²) in [5, 5.41) is 0. The summed E-state index contributed by atoms with van der Waals surface area (Å²) in [6.45, 7) is -1.32. The fourth-order valence-electron chi connectivity index (χ4n) is 0.795. The van der Waals surface area contributed by atoms with Crippen LogP contribution in [0.1, 0.15) is 0 Å². The number of ether oxygens (including phenoxy) is 2. The summed E-state index contributed by atoms with van der Waals surface area (Å²) in [6.07, 6.45) is -4.34. The van der Waals surface area contributed by atoms with E-state index in [-0.39, 0.29) is 5.75 Å². The summed E-state index contributed by atoms with van der Waals surface area (Å²) in [5.74, 6) is 0.447. The monoisotopic (exact) mass is 205 g/mol. The molecule has 1 radical (unpaired) electrons. The molecule has 0 aromatic heterocycles. The molecule has 0 aliphatic heterocycles. The Kier molecular flexibility index (Phi) is 3.22. The van der Waals surface area contributed by atoms with Gasteiger partial charge in [0, 0.05) is 12.1 Å². The van der Waals surface area contributed by atoms with Gasteiger partial charge in [-0.3, -0.25) is 0 Å². The van der Waals surface area contributed by atoms with E-state index in [1.165, 1.54) is 19.2 Å². The summed E-state index contributed by atoms with van der Waals surface area (Å²) in [4.78, 5) is 0. The SMILES string of the molecule is COc1cc[c]c(OCC(F)(F)F)c1. The van der Waals surface area contributed by atoms with Gasteiger partial charge in [-0.1, -0.05) is 0 Å². The van der Waals surface area contributed by atoms with Crippen LogP contribution < -0.4 is 9.47 Å². The van der Waals surface area contributed by atoms with Crippen molar-refractivity contribution in [1.29, 1.82) is 0 Å². The summed E-state index contributed by atoms with van der Waals surface area (Å²) in [5.41, 5.74) is 0. The standard InChI is InChI=1S/C9H8F3O2/c1-13-7-3-2-4-8(5-7)14-6-9(10,11)12/h2-3,5H,6H2,1H3. The molecule has 77 valence electrons. The molecule has 0 saturated heterocycles. The predicted octanol–water partition coefficient (Wildman–Crippen LogP) is 2.44. The first kappa shape index (κ1) is 10.7. The van der Waals surface area contributed by atoms with Crippen molar-refractivity contribution in [3.8, 4) is 11.5 Å². The second-order valence-electron chi connectivity index (χ2n) is 2.50.